The van der Waals surface area contributed by atoms with Crippen LogP contribution in [0.1, 0.15) is 12.5 Å². The van der Waals surface area contributed by atoms with Crippen LogP contribution in [-0.4, -0.2) is 9.55 Å². The van der Waals surface area contributed by atoms with Gasteiger partial charge < -0.3 is 9.55 Å². The van der Waals surface area contributed by atoms with Crippen LogP contribution in [0, 0.1) is 0 Å². The quantitative estimate of drug-likeness (QED) is 0.206. The second-order valence-electron chi connectivity index (χ2n) is 11.0. The Morgan fingerprint density at radius 1 is 0.651 bits per heavy atom. The molecule has 8 rings (SSSR count). The Bertz CT molecular complexity index is 2410. The van der Waals surface area contributed by atoms with E-state index in [-0.39, 0.29) is 0 Å². The number of nitrogens with one attached hydrogen (secondary N) is 1. The predicted molar refractivity (Wildman–Crippen MR) is 186 cm³/mol. The van der Waals surface area contributed by atoms with Gasteiger partial charge in [0.15, 0.2) is 0 Å². The SMILES string of the molecule is C=C/C=C\C(=C/C)c1ccc(-n2c3ccccc3c3cc(-c4ccc5c(c4)[nH]c4ccccc45)c4ccccc4c32)cc1. The molecular formula is C41H30N2. The zero-order valence-corrected chi connectivity index (χ0v) is 24.0. The molecule has 0 atom stereocenters. The van der Waals surface area contributed by atoms with Gasteiger partial charge in [0.2, 0.25) is 0 Å². The first-order chi connectivity index (χ1) is 21.2. The molecule has 43 heavy (non-hydrogen) atoms. The van der Waals surface area contributed by atoms with Gasteiger partial charge in [-0.15, -0.1) is 0 Å². The van der Waals surface area contributed by atoms with Crippen LogP contribution >= 0.6 is 0 Å². The van der Waals surface area contributed by atoms with Crippen molar-refractivity contribution >= 4 is 60.0 Å². The topological polar surface area (TPSA) is 20.7 Å². The molecule has 0 amide bonds. The maximum Gasteiger partial charge on any atom is 0.0619 e. The summed E-state index contributed by atoms with van der Waals surface area (Å²) in [5, 5.41) is 7.52. The second-order valence-corrected chi connectivity index (χ2v) is 11.0. The van der Waals surface area contributed by atoms with E-state index in [2.05, 4.69) is 157 Å². The highest BCUT2D eigenvalue weighted by molar-refractivity contribution is 6.22. The molecule has 1 N–H and O–H groups in total. The smallest absolute Gasteiger partial charge is 0.0619 e. The van der Waals surface area contributed by atoms with Crippen LogP contribution in [0.2, 0.25) is 0 Å². The minimum atomic E-state index is 1.15. The highest BCUT2D eigenvalue weighted by atomic mass is 15.0. The van der Waals surface area contributed by atoms with E-state index in [4.69, 9.17) is 0 Å². The van der Waals surface area contributed by atoms with Gasteiger partial charge in [0.25, 0.3) is 0 Å². The standard InChI is InChI=1S/C41H30N2/c1-3-5-12-27(4-2)28-19-22-30(23-20-28)43-40-18-11-9-15-34(40)37-26-36(31-13-6-7-16-35(31)41(37)43)29-21-24-33-32-14-8-10-17-38(32)42-39(33)25-29/h3-26,42H,1H2,2H3/b12-5-,27-4+. The third-order valence-corrected chi connectivity index (χ3v) is 8.67. The van der Waals surface area contributed by atoms with E-state index in [0.29, 0.717) is 0 Å². The normalized spacial score (nSPS) is 12.4. The Morgan fingerprint density at radius 3 is 2.14 bits per heavy atom. The van der Waals surface area contributed by atoms with E-state index in [1.54, 1.807) is 0 Å². The molecule has 0 saturated heterocycles. The molecule has 0 aliphatic rings. The summed E-state index contributed by atoms with van der Waals surface area (Å²) < 4.78 is 2.43. The lowest BCUT2D eigenvalue weighted by atomic mass is 9.94. The van der Waals surface area contributed by atoms with Gasteiger partial charge in [-0.05, 0) is 71.0 Å². The van der Waals surface area contributed by atoms with Crippen molar-refractivity contribution in [3.8, 4) is 16.8 Å². The summed E-state index contributed by atoms with van der Waals surface area (Å²) in [4.78, 5) is 3.64. The zero-order chi connectivity index (χ0) is 28.9. The van der Waals surface area contributed by atoms with Crippen LogP contribution in [0.15, 0.2) is 152 Å². The Morgan fingerprint density at radius 2 is 1.35 bits per heavy atom. The van der Waals surface area contributed by atoms with Crippen molar-refractivity contribution in [1.29, 1.82) is 0 Å². The summed E-state index contributed by atoms with van der Waals surface area (Å²) in [6.07, 6.45) is 8.03. The zero-order valence-electron chi connectivity index (χ0n) is 24.0. The lowest BCUT2D eigenvalue weighted by Gasteiger charge is -2.13. The van der Waals surface area contributed by atoms with Crippen molar-refractivity contribution < 1.29 is 0 Å². The van der Waals surface area contributed by atoms with E-state index in [0.717, 1.165) is 11.2 Å². The van der Waals surface area contributed by atoms with Crippen LogP contribution in [-0.2, 0) is 0 Å². The maximum absolute atomic E-state index is 3.82. The minimum Gasteiger partial charge on any atom is -0.354 e. The Hall–Kier alpha value is -5.60. The molecule has 2 nitrogen and oxygen atoms in total. The van der Waals surface area contributed by atoms with E-state index in [9.17, 15) is 0 Å². The van der Waals surface area contributed by atoms with Crippen LogP contribution in [0.4, 0.5) is 0 Å². The molecule has 0 aliphatic carbocycles. The Balaban J connectivity index is 1.38. The molecule has 0 fully saturated rings. The van der Waals surface area contributed by atoms with Gasteiger partial charge in [0.05, 0.1) is 11.0 Å². The van der Waals surface area contributed by atoms with Gasteiger partial charge >= 0.3 is 0 Å². The number of allylic oxidation sites excluding steroid dienone is 5. The number of hydrogen-bond acceptors (Lipinski definition) is 0. The van der Waals surface area contributed by atoms with Crippen LogP contribution < -0.4 is 0 Å². The molecule has 0 radical (unpaired) electrons. The molecule has 6 aromatic carbocycles. The highest BCUT2D eigenvalue weighted by Crippen LogP contribution is 2.42. The van der Waals surface area contributed by atoms with E-state index < -0.39 is 0 Å². The number of benzene rings is 6. The Kier molecular flexibility index (Phi) is 5.87. The van der Waals surface area contributed by atoms with Crippen molar-refractivity contribution in [2.75, 3.05) is 0 Å². The van der Waals surface area contributed by atoms with Gasteiger partial charge in [-0.2, -0.15) is 0 Å². The summed E-state index contributed by atoms with van der Waals surface area (Å²) in [7, 11) is 0. The largest absolute Gasteiger partial charge is 0.354 e. The first kappa shape index (κ1) is 25.1. The van der Waals surface area contributed by atoms with Crippen molar-refractivity contribution in [2.24, 2.45) is 0 Å². The number of rotatable bonds is 5. The molecule has 0 unspecified atom stereocenters. The van der Waals surface area contributed by atoms with Gasteiger partial charge in [-0.3, -0.25) is 0 Å². The highest BCUT2D eigenvalue weighted by Gasteiger charge is 2.18. The van der Waals surface area contributed by atoms with Crippen molar-refractivity contribution in [3.63, 3.8) is 0 Å². The van der Waals surface area contributed by atoms with Crippen LogP contribution in [0.25, 0.3) is 76.8 Å². The third kappa shape index (κ3) is 3.95. The number of H-pyrrole nitrogens is 1. The summed E-state index contributed by atoms with van der Waals surface area (Å²) in [5.41, 5.74) is 10.7. The monoisotopic (exact) mass is 550 g/mol. The Labute approximate surface area is 250 Å². The average Bonchev–Trinajstić information content (AvgIpc) is 3.60. The fourth-order valence-electron chi connectivity index (χ4n) is 6.69. The van der Waals surface area contributed by atoms with Gasteiger partial charge in [-0.1, -0.05) is 116 Å². The lowest BCUT2D eigenvalue weighted by molar-refractivity contribution is 1.18. The number of hydrogen-bond donors (Lipinski definition) is 1. The number of para-hydroxylation sites is 2. The second kappa shape index (κ2) is 10.0. The van der Waals surface area contributed by atoms with Crippen LogP contribution in [0.3, 0.4) is 0 Å². The van der Waals surface area contributed by atoms with Gasteiger partial charge in [-0.25, -0.2) is 0 Å². The van der Waals surface area contributed by atoms with Crippen molar-refractivity contribution in [3.05, 3.63) is 158 Å². The summed E-state index contributed by atoms with van der Waals surface area (Å²) in [5.74, 6) is 0. The molecule has 0 aliphatic heterocycles. The first-order valence-corrected chi connectivity index (χ1v) is 14.8. The molecule has 204 valence electrons. The van der Waals surface area contributed by atoms with Crippen molar-refractivity contribution in [2.45, 2.75) is 6.92 Å². The molecule has 8 aromatic rings. The van der Waals surface area contributed by atoms with E-state index in [1.165, 1.54) is 71.1 Å². The summed E-state index contributed by atoms with van der Waals surface area (Å²) in [6.45, 7) is 5.89. The first-order valence-electron chi connectivity index (χ1n) is 14.8. The predicted octanol–water partition coefficient (Wildman–Crippen LogP) is 11.4. The van der Waals surface area contributed by atoms with E-state index >= 15 is 0 Å². The third-order valence-electron chi connectivity index (χ3n) is 8.67. The minimum absolute atomic E-state index is 1.15. The number of aromatic amines is 1. The molecule has 0 spiro atoms. The molecule has 0 bridgehead atoms. The molecule has 2 heterocycles. The van der Waals surface area contributed by atoms with E-state index in [1.807, 2.05) is 12.2 Å². The number of nitrogens with zero attached hydrogens (tertiary/aromatic N) is 1. The molecular weight excluding hydrogens is 520 g/mol. The summed E-state index contributed by atoms with van der Waals surface area (Å²) >= 11 is 0. The number of aromatic nitrogens is 2. The molecule has 0 saturated carbocycles. The van der Waals surface area contributed by atoms with Crippen molar-refractivity contribution in [1.82, 2.24) is 9.55 Å². The number of fused-ring (bicyclic) bond motifs is 8. The lowest BCUT2D eigenvalue weighted by Crippen LogP contribution is -1.95. The van der Waals surface area contributed by atoms with Crippen LogP contribution in [0.5, 0.6) is 0 Å². The summed E-state index contributed by atoms with van der Waals surface area (Å²) in [6, 6.07) is 44.3. The molecule has 2 aromatic heterocycles. The van der Waals surface area contributed by atoms with Gasteiger partial charge in [0.1, 0.15) is 0 Å². The fraction of sp³-hybridized carbons (Fsp3) is 0.0244. The average molecular weight is 551 g/mol. The maximum atomic E-state index is 3.82. The molecule has 2 heteroatoms. The fourth-order valence-corrected chi connectivity index (χ4v) is 6.69. The van der Waals surface area contributed by atoms with Gasteiger partial charge in [0, 0.05) is 43.7 Å².